The van der Waals surface area contributed by atoms with Gasteiger partial charge in [-0.2, -0.15) is 0 Å². The second kappa shape index (κ2) is 4.11. The fourth-order valence-electron chi connectivity index (χ4n) is 2.20. The van der Waals surface area contributed by atoms with Gasteiger partial charge in [0.1, 0.15) is 5.69 Å². The highest BCUT2D eigenvalue weighted by molar-refractivity contribution is 6.14. The van der Waals surface area contributed by atoms with Gasteiger partial charge in [0.05, 0.1) is 5.52 Å². The number of aromatic nitrogens is 1. The number of nitrogens with one attached hydrogen (secondary N) is 1. The van der Waals surface area contributed by atoms with Crippen LogP contribution in [0.2, 0.25) is 0 Å². The molecule has 0 aliphatic rings. The lowest BCUT2D eigenvalue weighted by Crippen LogP contribution is -2.19. The summed E-state index contributed by atoms with van der Waals surface area (Å²) in [6.45, 7) is 0. The standard InChI is InChI=1S/C15H12N2O/c1-16-15(18)14-12-8-3-2-6-10(12)11-7-4-5-9-13(11)17-14/h2-9H,1H3,(H,16,18). The Morgan fingerprint density at radius 3 is 2.28 bits per heavy atom. The Bertz CT molecular complexity index is 750. The molecular weight excluding hydrogens is 224 g/mol. The third kappa shape index (κ3) is 1.52. The predicted molar refractivity (Wildman–Crippen MR) is 72.6 cm³/mol. The largest absolute Gasteiger partial charge is 0.354 e. The van der Waals surface area contributed by atoms with Gasteiger partial charge in [-0.3, -0.25) is 4.79 Å². The Morgan fingerprint density at radius 2 is 1.56 bits per heavy atom. The Morgan fingerprint density at radius 1 is 0.944 bits per heavy atom. The Kier molecular flexibility index (Phi) is 2.45. The zero-order valence-corrected chi connectivity index (χ0v) is 9.97. The van der Waals surface area contributed by atoms with Crippen molar-refractivity contribution in [2.24, 2.45) is 0 Å². The van der Waals surface area contributed by atoms with Gasteiger partial charge in [-0.1, -0.05) is 42.5 Å². The van der Waals surface area contributed by atoms with Gasteiger partial charge >= 0.3 is 0 Å². The lowest BCUT2D eigenvalue weighted by molar-refractivity contribution is 0.0960. The highest BCUT2D eigenvalue weighted by Gasteiger charge is 2.12. The van der Waals surface area contributed by atoms with E-state index >= 15 is 0 Å². The number of pyridine rings is 1. The van der Waals surface area contributed by atoms with Gasteiger partial charge < -0.3 is 5.32 Å². The molecule has 1 heterocycles. The molecule has 2 aromatic carbocycles. The maximum absolute atomic E-state index is 11.9. The number of hydrogen-bond acceptors (Lipinski definition) is 2. The van der Waals surface area contributed by atoms with E-state index in [0.29, 0.717) is 5.69 Å². The van der Waals surface area contributed by atoms with E-state index in [2.05, 4.69) is 10.3 Å². The van der Waals surface area contributed by atoms with Crippen molar-refractivity contribution in [3.05, 3.63) is 54.2 Å². The van der Waals surface area contributed by atoms with Crippen LogP contribution >= 0.6 is 0 Å². The maximum Gasteiger partial charge on any atom is 0.270 e. The smallest absolute Gasteiger partial charge is 0.270 e. The lowest BCUT2D eigenvalue weighted by atomic mass is 10.0. The second-order valence-corrected chi connectivity index (χ2v) is 4.10. The summed E-state index contributed by atoms with van der Waals surface area (Å²) in [4.78, 5) is 16.4. The number of amides is 1. The van der Waals surface area contributed by atoms with Gasteiger partial charge in [0.25, 0.3) is 5.91 Å². The first-order valence-electron chi connectivity index (χ1n) is 5.81. The van der Waals surface area contributed by atoms with Crippen molar-refractivity contribution in [3.8, 4) is 0 Å². The number of fused-ring (bicyclic) bond motifs is 3. The van der Waals surface area contributed by atoms with Crippen molar-refractivity contribution < 1.29 is 4.79 Å². The molecule has 0 bridgehead atoms. The van der Waals surface area contributed by atoms with Crippen LogP contribution in [0.4, 0.5) is 0 Å². The van der Waals surface area contributed by atoms with Gasteiger partial charge in [-0.05, 0) is 11.5 Å². The molecule has 18 heavy (non-hydrogen) atoms. The van der Waals surface area contributed by atoms with Gasteiger partial charge in [0.15, 0.2) is 0 Å². The fraction of sp³-hybridized carbons (Fsp3) is 0.0667. The van der Waals surface area contributed by atoms with Crippen LogP contribution in [0.15, 0.2) is 48.5 Å². The number of carbonyl (C=O) groups is 1. The normalized spacial score (nSPS) is 10.7. The van der Waals surface area contributed by atoms with Crippen LogP contribution in [0.3, 0.4) is 0 Å². The molecule has 0 unspecified atom stereocenters. The van der Waals surface area contributed by atoms with Crippen LogP contribution in [0.1, 0.15) is 10.5 Å². The molecule has 3 rings (SSSR count). The monoisotopic (exact) mass is 236 g/mol. The summed E-state index contributed by atoms with van der Waals surface area (Å²) in [6.07, 6.45) is 0. The van der Waals surface area contributed by atoms with Crippen LogP contribution in [-0.2, 0) is 0 Å². The summed E-state index contributed by atoms with van der Waals surface area (Å²) in [6, 6.07) is 15.7. The van der Waals surface area contributed by atoms with Crippen molar-refractivity contribution in [1.82, 2.24) is 10.3 Å². The molecule has 0 saturated carbocycles. The molecule has 1 N–H and O–H groups in total. The summed E-state index contributed by atoms with van der Waals surface area (Å²) in [5.41, 5.74) is 1.32. The predicted octanol–water partition coefficient (Wildman–Crippen LogP) is 2.75. The Balaban J connectivity index is 2.50. The summed E-state index contributed by atoms with van der Waals surface area (Å²) in [5.74, 6) is -0.156. The van der Waals surface area contributed by atoms with Crippen LogP contribution in [-0.4, -0.2) is 17.9 Å². The van der Waals surface area contributed by atoms with E-state index in [9.17, 15) is 4.79 Å². The molecule has 3 nitrogen and oxygen atoms in total. The van der Waals surface area contributed by atoms with Gasteiger partial charge in [0.2, 0.25) is 0 Å². The first-order chi connectivity index (χ1) is 8.81. The maximum atomic E-state index is 11.9. The van der Waals surface area contributed by atoms with E-state index in [0.717, 1.165) is 21.7 Å². The van der Waals surface area contributed by atoms with E-state index in [-0.39, 0.29) is 5.91 Å². The number of rotatable bonds is 1. The fourth-order valence-corrected chi connectivity index (χ4v) is 2.20. The third-order valence-corrected chi connectivity index (χ3v) is 3.05. The van der Waals surface area contributed by atoms with Crippen LogP contribution in [0.5, 0.6) is 0 Å². The average molecular weight is 236 g/mol. The molecular formula is C15H12N2O. The molecule has 0 aliphatic heterocycles. The summed E-state index contributed by atoms with van der Waals surface area (Å²) in [5, 5.41) is 5.65. The minimum Gasteiger partial charge on any atom is -0.354 e. The zero-order chi connectivity index (χ0) is 12.5. The molecule has 3 heteroatoms. The van der Waals surface area contributed by atoms with Gasteiger partial charge in [0, 0.05) is 17.8 Å². The van der Waals surface area contributed by atoms with Gasteiger partial charge in [-0.25, -0.2) is 4.98 Å². The number of para-hydroxylation sites is 1. The SMILES string of the molecule is CNC(=O)c1nc2ccccc2c2ccccc12. The van der Waals surface area contributed by atoms with Crippen molar-refractivity contribution >= 4 is 27.6 Å². The topological polar surface area (TPSA) is 42.0 Å². The van der Waals surface area contributed by atoms with Crippen molar-refractivity contribution in [1.29, 1.82) is 0 Å². The highest BCUT2D eigenvalue weighted by atomic mass is 16.1. The first-order valence-corrected chi connectivity index (χ1v) is 5.81. The minimum atomic E-state index is -0.156. The second-order valence-electron chi connectivity index (χ2n) is 4.10. The molecule has 3 aromatic rings. The number of hydrogen-bond donors (Lipinski definition) is 1. The molecule has 0 aliphatic carbocycles. The molecule has 0 radical (unpaired) electrons. The molecule has 88 valence electrons. The third-order valence-electron chi connectivity index (χ3n) is 3.05. The number of carbonyl (C=O) groups excluding carboxylic acids is 1. The van der Waals surface area contributed by atoms with E-state index in [4.69, 9.17) is 0 Å². The minimum absolute atomic E-state index is 0.156. The van der Waals surface area contributed by atoms with Crippen molar-refractivity contribution in [2.45, 2.75) is 0 Å². The van der Waals surface area contributed by atoms with Crippen molar-refractivity contribution in [2.75, 3.05) is 7.05 Å². The van der Waals surface area contributed by atoms with E-state index < -0.39 is 0 Å². The molecule has 0 atom stereocenters. The quantitative estimate of drug-likeness (QED) is 0.660. The Labute approximate surface area is 104 Å². The van der Waals surface area contributed by atoms with E-state index in [1.807, 2.05) is 48.5 Å². The summed E-state index contributed by atoms with van der Waals surface area (Å²) in [7, 11) is 1.62. The average Bonchev–Trinajstić information content (AvgIpc) is 2.45. The molecule has 0 saturated heterocycles. The molecule has 1 aromatic heterocycles. The van der Waals surface area contributed by atoms with Crippen LogP contribution in [0.25, 0.3) is 21.7 Å². The highest BCUT2D eigenvalue weighted by Crippen LogP contribution is 2.25. The molecule has 0 spiro atoms. The molecule has 1 amide bonds. The Hall–Kier alpha value is -2.42. The zero-order valence-electron chi connectivity index (χ0n) is 9.97. The van der Waals surface area contributed by atoms with E-state index in [1.165, 1.54) is 0 Å². The van der Waals surface area contributed by atoms with Crippen LogP contribution in [0, 0.1) is 0 Å². The summed E-state index contributed by atoms with van der Waals surface area (Å²) < 4.78 is 0. The number of benzene rings is 2. The van der Waals surface area contributed by atoms with Gasteiger partial charge in [-0.15, -0.1) is 0 Å². The molecule has 0 fully saturated rings. The van der Waals surface area contributed by atoms with E-state index in [1.54, 1.807) is 7.05 Å². The first kappa shape index (κ1) is 10.7. The number of nitrogens with zero attached hydrogens (tertiary/aromatic N) is 1. The summed E-state index contributed by atoms with van der Waals surface area (Å²) >= 11 is 0. The lowest BCUT2D eigenvalue weighted by Gasteiger charge is -2.08. The van der Waals surface area contributed by atoms with Crippen molar-refractivity contribution in [3.63, 3.8) is 0 Å². The van der Waals surface area contributed by atoms with Crippen LogP contribution < -0.4 is 5.32 Å².